The molecule has 2 saturated heterocycles. The van der Waals surface area contributed by atoms with E-state index in [9.17, 15) is 18.0 Å². The highest BCUT2D eigenvalue weighted by molar-refractivity contribution is 5.89. The normalized spacial score (nSPS) is 24.1. The van der Waals surface area contributed by atoms with E-state index in [0.717, 1.165) is 38.9 Å². The van der Waals surface area contributed by atoms with Crippen LogP contribution < -0.4 is 10.1 Å². The monoisotopic (exact) mass is 372 g/mol. The highest BCUT2D eigenvalue weighted by Crippen LogP contribution is 2.30. The zero-order chi connectivity index (χ0) is 18.7. The zero-order valence-electron chi connectivity index (χ0n) is 14.6. The Labute approximate surface area is 150 Å². The highest BCUT2D eigenvalue weighted by atomic mass is 19.4. The van der Waals surface area contributed by atoms with E-state index < -0.39 is 12.8 Å². The minimum absolute atomic E-state index is 0.131. The Morgan fingerprint density at radius 3 is 2.85 bits per heavy atom. The summed E-state index contributed by atoms with van der Waals surface area (Å²) in [6, 6.07) is 2.86. The number of carbonyl (C=O) groups excluding carboxylic acids is 1. The van der Waals surface area contributed by atoms with Gasteiger partial charge in [0.05, 0.1) is 11.9 Å². The molecule has 2 fully saturated rings. The first kappa shape index (κ1) is 18.8. The Morgan fingerprint density at radius 1 is 1.35 bits per heavy atom. The molecule has 2 atom stereocenters. The second-order valence-electron chi connectivity index (χ2n) is 6.93. The topological polar surface area (TPSA) is 57.7 Å². The van der Waals surface area contributed by atoms with Gasteiger partial charge in [-0.3, -0.25) is 0 Å². The Balaban J connectivity index is 1.57. The lowest BCUT2D eigenvalue weighted by Crippen LogP contribution is -2.56. The first-order valence-corrected chi connectivity index (χ1v) is 8.73. The molecule has 0 bridgehead atoms. The molecular formula is C17H23F3N4O2. The van der Waals surface area contributed by atoms with Crippen LogP contribution in [0.4, 0.5) is 23.7 Å². The average molecular weight is 372 g/mol. The summed E-state index contributed by atoms with van der Waals surface area (Å²) in [5, 5.41) is 2.79. The summed E-state index contributed by atoms with van der Waals surface area (Å²) in [6.07, 6.45) is -0.0410. The second-order valence-corrected chi connectivity index (χ2v) is 6.93. The van der Waals surface area contributed by atoms with Crippen molar-refractivity contribution in [3.63, 3.8) is 0 Å². The van der Waals surface area contributed by atoms with Gasteiger partial charge in [-0.25, -0.2) is 9.78 Å². The van der Waals surface area contributed by atoms with Gasteiger partial charge in [-0.05, 0) is 44.8 Å². The number of halogens is 3. The lowest BCUT2D eigenvalue weighted by Gasteiger charge is -2.46. The lowest BCUT2D eigenvalue weighted by atomic mass is 9.84. The number of ether oxygens (including phenoxy) is 1. The van der Waals surface area contributed by atoms with Gasteiger partial charge in [0.1, 0.15) is 0 Å². The maximum absolute atomic E-state index is 12.6. The highest BCUT2D eigenvalue weighted by Gasteiger charge is 2.37. The first-order valence-electron chi connectivity index (χ1n) is 8.73. The van der Waals surface area contributed by atoms with Crippen LogP contribution in [0.25, 0.3) is 0 Å². The summed E-state index contributed by atoms with van der Waals surface area (Å²) in [7, 11) is 2.10. The van der Waals surface area contributed by atoms with Gasteiger partial charge in [-0.1, -0.05) is 0 Å². The molecule has 0 unspecified atom stereocenters. The molecule has 1 aromatic heterocycles. The van der Waals surface area contributed by atoms with E-state index in [1.54, 1.807) is 0 Å². The smallest absolute Gasteiger partial charge is 0.422 e. The van der Waals surface area contributed by atoms with E-state index in [1.165, 1.54) is 18.3 Å². The van der Waals surface area contributed by atoms with Gasteiger partial charge in [-0.2, -0.15) is 13.2 Å². The number of hydrogen-bond donors (Lipinski definition) is 1. The van der Waals surface area contributed by atoms with E-state index in [-0.39, 0.29) is 18.0 Å². The van der Waals surface area contributed by atoms with E-state index in [4.69, 9.17) is 0 Å². The quantitative estimate of drug-likeness (QED) is 0.886. The van der Waals surface area contributed by atoms with Crippen molar-refractivity contribution in [2.24, 2.45) is 5.92 Å². The van der Waals surface area contributed by atoms with Crippen LogP contribution in [0.15, 0.2) is 18.3 Å². The van der Waals surface area contributed by atoms with E-state index in [1.807, 2.05) is 4.90 Å². The molecule has 2 aliphatic rings. The van der Waals surface area contributed by atoms with Gasteiger partial charge in [-0.15, -0.1) is 0 Å². The Kier molecular flexibility index (Phi) is 5.55. The number of carbonyl (C=O) groups is 1. The third-order valence-electron chi connectivity index (χ3n) is 4.90. The molecule has 2 aliphatic heterocycles. The number of amides is 2. The summed E-state index contributed by atoms with van der Waals surface area (Å²) < 4.78 is 41.0. The van der Waals surface area contributed by atoms with Gasteiger partial charge in [0.2, 0.25) is 5.88 Å². The summed E-state index contributed by atoms with van der Waals surface area (Å²) in [4.78, 5) is 20.6. The molecule has 0 aromatic carbocycles. The van der Waals surface area contributed by atoms with Crippen LogP contribution in [-0.4, -0.2) is 66.3 Å². The Hall–Kier alpha value is -2.03. The van der Waals surface area contributed by atoms with Crippen LogP contribution in [0.2, 0.25) is 0 Å². The molecule has 26 heavy (non-hydrogen) atoms. The van der Waals surface area contributed by atoms with Crippen molar-refractivity contribution in [3.05, 3.63) is 18.3 Å². The predicted molar refractivity (Wildman–Crippen MR) is 90.1 cm³/mol. The second kappa shape index (κ2) is 7.69. The molecule has 1 aromatic rings. The van der Waals surface area contributed by atoms with Gasteiger partial charge in [0, 0.05) is 25.2 Å². The van der Waals surface area contributed by atoms with Crippen LogP contribution >= 0.6 is 0 Å². The van der Waals surface area contributed by atoms with E-state index in [0.29, 0.717) is 11.6 Å². The SMILES string of the molecule is CN1CC[C@@H]2[C@H](CCCN2C(=O)Nc2ccc(OCC(F)(F)F)nc2)C1. The van der Waals surface area contributed by atoms with Crippen LogP contribution in [0.3, 0.4) is 0 Å². The molecule has 144 valence electrons. The summed E-state index contributed by atoms with van der Waals surface area (Å²) in [5.41, 5.74) is 0.435. The third kappa shape index (κ3) is 4.78. The van der Waals surface area contributed by atoms with Gasteiger partial charge in [0.15, 0.2) is 6.61 Å². The summed E-state index contributed by atoms with van der Waals surface area (Å²) >= 11 is 0. The standard InChI is InChI=1S/C17H23F3N4O2/c1-23-8-6-14-12(10-23)3-2-7-24(14)16(25)22-13-4-5-15(21-9-13)26-11-17(18,19)20/h4-5,9,12,14H,2-3,6-8,10-11H2,1H3,(H,22,25)/t12-,14-/m1/s1. The number of aromatic nitrogens is 1. The fraction of sp³-hybridized carbons (Fsp3) is 0.647. The minimum Gasteiger partial charge on any atom is -0.468 e. The minimum atomic E-state index is -4.41. The number of nitrogens with one attached hydrogen (secondary N) is 1. The summed E-state index contributed by atoms with van der Waals surface area (Å²) in [5.74, 6) is 0.359. The number of nitrogens with zero attached hydrogens (tertiary/aromatic N) is 3. The van der Waals surface area contributed by atoms with Crippen molar-refractivity contribution in [1.82, 2.24) is 14.8 Å². The first-order chi connectivity index (χ1) is 12.3. The molecule has 1 N–H and O–H groups in total. The molecule has 0 radical (unpaired) electrons. The molecule has 0 aliphatic carbocycles. The number of likely N-dealkylation sites (tertiary alicyclic amines) is 2. The number of rotatable bonds is 3. The van der Waals surface area contributed by atoms with Crippen LogP contribution in [0.5, 0.6) is 5.88 Å². The molecule has 0 saturated carbocycles. The fourth-order valence-electron chi connectivity index (χ4n) is 3.73. The Bertz CT molecular complexity index is 623. The van der Waals surface area contributed by atoms with Crippen LogP contribution in [0, 0.1) is 5.92 Å². The van der Waals surface area contributed by atoms with Crippen molar-refractivity contribution < 1.29 is 22.7 Å². The van der Waals surface area contributed by atoms with Crippen molar-refractivity contribution in [1.29, 1.82) is 0 Å². The molecule has 0 spiro atoms. The number of piperidine rings is 2. The van der Waals surface area contributed by atoms with E-state index >= 15 is 0 Å². The van der Waals surface area contributed by atoms with Crippen molar-refractivity contribution in [2.75, 3.05) is 38.6 Å². The van der Waals surface area contributed by atoms with Crippen LogP contribution in [-0.2, 0) is 0 Å². The summed E-state index contributed by atoms with van der Waals surface area (Å²) in [6.45, 7) is 1.30. The van der Waals surface area contributed by atoms with Gasteiger partial charge >= 0.3 is 12.2 Å². The number of urea groups is 1. The number of anilines is 1. The number of hydrogen-bond acceptors (Lipinski definition) is 4. The van der Waals surface area contributed by atoms with Gasteiger partial charge in [0.25, 0.3) is 0 Å². The maximum Gasteiger partial charge on any atom is 0.422 e. The molecule has 3 heterocycles. The van der Waals surface area contributed by atoms with Crippen molar-refractivity contribution >= 4 is 11.7 Å². The van der Waals surface area contributed by atoms with Crippen molar-refractivity contribution in [3.8, 4) is 5.88 Å². The number of fused-ring (bicyclic) bond motifs is 1. The molecule has 6 nitrogen and oxygen atoms in total. The Morgan fingerprint density at radius 2 is 2.15 bits per heavy atom. The molecule has 9 heteroatoms. The van der Waals surface area contributed by atoms with Crippen molar-refractivity contribution in [2.45, 2.75) is 31.5 Å². The largest absolute Gasteiger partial charge is 0.468 e. The number of pyridine rings is 1. The number of alkyl halides is 3. The molecule has 3 rings (SSSR count). The fourth-order valence-corrected chi connectivity index (χ4v) is 3.73. The van der Waals surface area contributed by atoms with E-state index in [2.05, 4.69) is 27.0 Å². The average Bonchev–Trinajstić information content (AvgIpc) is 2.59. The lowest BCUT2D eigenvalue weighted by molar-refractivity contribution is -0.154. The maximum atomic E-state index is 12.6. The molecular weight excluding hydrogens is 349 g/mol. The molecule has 2 amide bonds. The zero-order valence-corrected chi connectivity index (χ0v) is 14.6. The van der Waals surface area contributed by atoms with Crippen LogP contribution in [0.1, 0.15) is 19.3 Å². The third-order valence-corrected chi connectivity index (χ3v) is 4.90. The van der Waals surface area contributed by atoms with Gasteiger partial charge < -0.3 is 19.9 Å². The predicted octanol–water partition coefficient (Wildman–Crippen LogP) is 2.97.